The SMILES string of the molecule is CC1(C)c2ccccc2N(c2ccccc2)c2ccc(-c3ccnc(-c4cc(C(=O)O)cc(-c5cc(C(=O)O)ccn5)n4)c3)cc21.CNC(/C=C(\[NH-])c1cc(-c2sccc2C)ccn1)C(F)(F)F.[N-]=C=S.[Ru+2]. The van der Waals surface area contributed by atoms with E-state index in [1.807, 2.05) is 48.7 Å². The average molecular weight is 1090 g/mol. The third kappa shape index (κ3) is 11.9. The summed E-state index contributed by atoms with van der Waals surface area (Å²) < 4.78 is 38.2. The molecular weight excluding hydrogens is 1050 g/mol. The predicted octanol–water partition coefficient (Wildman–Crippen LogP) is 13.7. The van der Waals surface area contributed by atoms with Crippen LogP contribution < -0.4 is 10.2 Å². The molecule has 0 saturated heterocycles. The second-order valence-electron chi connectivity index (χ2n) is 16.5. The van der Waals surface area contributed by atoms with E-state index >= 15 is 0 Å². The molecule has 0 saturated carbocycles. The van der Waals surface area contributed by atoms with Crippen molar-refractivity contribution in [2.45, 2.75) is 38.4 Å². The van der Waals surface area contributed by atoms with Crippen LogP contribution in [-0.4, -0.2) is 66.5 Å². The minimum absolute atomic E-state index is 0. The molecule has 8 aromatic rings. The van der Waals surface area contributed by atoms with Gasteiger partial charge in [0.15, 0.2) is 0 Å². The molecule has 0 bridgehead atoms. The molecule has 12 nitrogen and oxygen atoms in total. The first-order valence-corrected chi connectivity index (χ1v) is 22.9. The van der Waals surface area contributed by atoms with Crippen molar-refractivity contribution in [2.24, 2.45) is 0 Å². The van der Waals surface area contributed by atoms with E-state index in [4.69, 9.17) is 11.1 Å². The standard InChI is InChI=1S/C38H28N4O4.C15H15F3N3S.CNS.Ru/c1-38(2)28-10-6-7-11-34(28)42(27-8-4-3-5-9-27)35-13-12-23(18-29(35)38)24-14-16-39-30(19-24)32-21-26(37(45)46)22-33(41-32)31-20-25(36(43)44)15-17-40-31;1-9-4-6-22-14(9)10-3-5-21-12(7-10)11(19)8-13(20-2)15(16,17)18;2-1-3;/h3-22H,1-2H3,(H,43,44)(H,45,46);3-8,13,19-20H,1-2H3;;/q;2*-1;+2/b;11-8-;;. The van der Waals surface area contributed by atoms with Crippen LogP contribution in [0.2, 0.25) is 0 Å². The number of fused-ring (bicyclic) bond motifs is 2. The van der Waals surface area contributed by atoms with Gasteiger partial charge in [-0.25, -0.2) is 14.6 Å². The van der Waals surface area contributed by atoms with Gasteiger partial charge in [0.2, 0.25) is 0 Å². The molecule has 1 atom stereocenters. The zero-order valence-electron chi connectivity index (χ0n) is 38.8. The van der Waals surface area contributed by atoms with E-state index < -0.39 is 24.2 Å². The van der Waals surface area contributed by atoms with Crippen LogP contribution in [0.3, 0.4) is 0 Å². The number of likely N-dealkylation sites (N-methyl/N-ethyl adjacent to an activating group) is 1. The number of halogens is 3. The maximum Gasteiger partial charge on any atom is 2.00 e. The maximum absolute atomic E-state index is 12.7. The van der Waals surface area contributed by atoms with E-state index in [0.29, 0.717) is 11.4 Å². The average Bonchev–Trinajstić information content (AvgIpc) is 3.81. The normalized spacial score (nSPS) is 12.8. The van der Waals surface area contributed by atoms with E-state index in [9.17, 15) is 33.0 Å². The summed E-state index contributed by atoms with van der Waals surface area (Å²) in [6, 6.07) is 38.2. The maximum atomic E-state index is 12.7. The van der Waals surface area contributed by atoms with Crippen LogP contribution in [0.25, 0.3) is 61.2 Å². The number of thiocarbonyl (C=S) groups is 1. The number of nitrogens with zero attached hydrogens (tertiary/aromatic N) is 6. The zero-order chi connectivity index (χ0) is 51.0. The number of isothiocyanates is 1. The predicted molar refractivity (Wildman–Crippen MR) is 276 cm³/mol. The van der Waals surface area contributed by atoms with Crippen LogP contribution in [0.15, 0.2) is 157 Å². The summed E-state index contributed by atoms with van der Waals surface area (Å²) in [5.74, 6) is -2.26. The fourth-order valence-corrected chi connectivity index (χ4v) is 9.02. The van der Waals surface area contributed by atoms with Gasteiger partial charge in [-0.1, -0.05) is 74.6 Å². The number of benzene rings is 3. The van der Waals surface area contributed by atoms with Crippen molar-refractivity contribution < 1.29 is 52.5 Å². The zero-order valence-corrected chi connectivity index (χ0v) is 42.2. The van der Waals surface area contributed by atoms with Crippen LogP contribution in [0, 0.1) is 6.92 Å². The quantitative estimate of drug-likeness (QED) is 0.0672. The number of hydrogen-bond acceptors (Lipinski definition) is 10. The molecule has 0 amide bonds. The Balaban J connectivity index is 0.000000274. The fourth-order valence-electron chi connectivity index (χ4n) is 8.09. The number of aromatic nitrogens is 4. The van der Waals surface area contributed by atoms with Crippen molar-refractivity contribution in [3.8, 4) is 44.3 Å². The number of alkyl halides is 3. The van der Waals surface area contributed by atoms with E-state index in [-0.39, 0.29) is 58.8 Å². The van der Waals surface area contributed by atoms with Gasteiger partial charge in [-0.2, -0.15) is 18.3 Å². The van der Waals surface area contributed by atoms with Crippen LogP contribution in [0.1, 0.15) is 56.9 Å². The number of hydrogen-bond donors (Lipinski definition) is 3. The van der Waals surface area contributed by atoms with Gasteiger partial charge in [0.05, 0.1) is 45.3 Å². The molecule has 5 aromatic heterocycles. The number of aromatic carboxylic acids is 2. The molecule has 72 heavy (non-hydrogen) atoms. The summed E-state index contributed by atoms with van der Waals surface area (Å²) in [4.78, 5) is 44.4. The van der Waals surface area contributed by atoms with E-state index in [1.165, 1.54) is 60.0 Å². The number of thiophene rings is 1. The summed E-state index contributed by atoms with van der Waals surface area (Å²) in [5, 5.41) is 31.9. The summed E-state index contributed by atoms with van der Waals surface area (Å²) >= 11 is 5.24. The Kier molecular flexibility index (Phi) is 17.2. The third-order valence-electron chi connectivity index (χ3n) is 11.6. The van der Waals surface area contributed by atoms with Crippen molar-refractivity contribution in [3.63, 3.8) is 0 Å². The van der Waals surface area contributed by atoms with Crippen molar-refractivity contribution in [1.82, 2.24) is 25.3 Å². The molecule has 1 aliphatic heterocycles. The van der Waals surface area contributed by atoms with Crippen LogP contribution in [0.4, 0.5) is 30.2 Å². The van der Waals surface area contributed by atoms with Crippen LogP contribution >= 0.6 is 23.6 Å². The number of pyridine rings is 4. The van der Waals surface area contributed by atoms with Crippen LogP contribution in [-0.2, 0) is 24.9 Å². The molecule has 1 unspecified atom stereocenters. The number of aryl methyl sites for hydroxylation is 1. The van der Waals surface area contributed by atoms with Crippen molar-refractivity contribution in [1.29, 1.82) is 0 Å². The minimum Gasteiger partial charge on any atom is -0.753 e. The van der Waals surface area contributed by atoms with E-state index in [2.05, 4.69) is 111 Å². The Labute approximate surface area is 435 Å². The summed E-state index contributed by atoms with van der Waals surface area (Å²) in [5.41, 5.74) is 18.4. The molecule has 1 aliphatic rings. The smallest absolute Gasteiger partial charge is 0.753 e. The Bertz CT molecular complexity index is 3330. The van der Waals surface area contributed by atoms with Gasteiger partial charge >= 0.3 is 37.6 Å². The van der Waals surface area contributed by atoms with Gasteiger partial charge in [-0.15, -0.1) is 17.0 Å². The van der Waals surface area contributed by atoms with Gasteiger partial charge in [0.1, 0.15) is 6.04 Å². The number of carboxylic acids is 2. The Hall–Kier alpha value is -7.59. The Morgan fingerprint density at radius 2 is 1.33 bits per heavy atom. The number of nitrogens with one attached hydrogen (secondary N) is 2. The number of anilines is 3. The molecule has 0 radical (unpaired) electrons. The van der Waals surface area contributed by atoms with E-state index in [0.717, 1.165) is 50.3 Å². The molecule has 18 heteroatoms. The van der Waals surface area contributed by atoms with E-state index in [1.54, 1.807) is 29.7 Å². The van der Waals surface area contributed by atoms with Gasteiger partial charge in [-0.05, 0) is 138 Å². The minimum atomic E-state index is -4.44. The number of carboxylic acid groups (broad SMARTS) is 2. The van der Waals surface area contributed by atoms with Gasteiger partial charge in [0.25, 0.3) is 0 Å². The Morgan fingerprint density at radius 1 is 0.764 bits per heavy atom. The topological polar surface area (TPSA) is 188 Å². The summed E-state index contributed by atoms with van der Waals surface area (Å²) in [6.07, 6.45) is 0.935. The molecule has 4 N–H and O–H groups in total. The molecule has 364 valence electrons. The second kappa shape index (κ2) is 23.1. The third-order valence-corrected chi connectivity index (χ3v) is 12.7. The first-order valence-electron chi connectivity index (χ1n) is 21.7. The molecule has 0 aliphatic carbocycles. The first-order chi connectivity index (χ1) is 33.9. The molecule has 3 aromatic carbocycles. The van der Waals surface area contributed by atoms with Crippen molar-refractivity contribution >= 4 is 63.4 Å². The second-order valence-corrected chi connectivity index (χ2v) is 17.6. The first kappa shape index (κ1) is 53.8. The Morgan fingerprint density at radius 3 is 1.96 bits per heavy atom. The molecule has 9 rings (SSSR count). The molecular formula is C54H43F3N8O4RuS2. The van der Waals surface area contributed by atoms with Gasteiger partial charge in [-0.3, -0.25) is 15.0 Å². The van der Waals surface area contributed by atoms with Crippen molar-refractivity contribution in [2.75, 3.05) is 11.9 Å². The number of rotatable bonds is 10. The van der Waals surface area contributed by atoms with Crippen LogP contribution in [0.5, 0.6) is 0 Å². The fraction of sp³-hybridized carbons (Fsp3) is 0.130. The van der Waals surface area contributed by atoms with Gasteiger partial charge < -0.3 is 31.6 Å². The van der Waals surface area contributed by atoms with Gasteiger partial charge in [0, 0.05) is 40.3 Å². The molecule has 6 heterocycles. The van der Waals surface area contributed by atoms with Crippen molar-refractivity contribution in [3.05, 3.63) is 202 Å². The summed E-state index contributed by atoms with van der Waals surface area (Å²) in [6.45, 7) is 6.44. The summed E-state index contributed by atoms with van der Waals surface area (Å²) in [7, 11) is 1.21. The number of carbonyl (C=O) groups is 2. The monoisotopic (exact) mass is 1090 g/mol. The number of para-hydroxylation sites is 2. The molecule has 0 spiro atoms. The largest absolute Gasteiger partial charge is 2.00 e. The molecule has 0 fully saturated rings.